The minimum Gasteiger partial charge on any atom is -0.366 e. The topological polar surface area (TPSA) is 56.0 Å². The molecule has 1 aromatic rings. The Labute approximate surface area is 68.7 Å². The van der Waals surface area contributed by atoms with Crippen LogP contribution in [0.25, 0.3) is 6.08 Å². The van der Waals surface area contributed by atoms with Crippen molar-refractivity contribution in [1.29, 1.82) is 0 Å². The molecule has 0 saturated carbocycles. The molecule has 1 heterocycles. The average Bonchev–Trinajstić information content (AvgIpc) is 2.01. The van der Waals surface area contributed by atoms with E-state index in [1.54, 1.807) is 6.07 Å². The molecule has 1 rings (SSSR count). The SMILES string of the molecule is NC(=O)C=Cc1cccc(F)n1. The standard InChI is InChI=1S/C8H7FN2O/c9-7-3-1-2-6(11-7)4-5-8(10)12/h1-5H,(H2,10,12). The molecule has 1 amide bonds. The smallest absolute Gasteiger partial charge is 0.241 e. The normalized spacial score (nSPS) is 10.4. The highest BCUT2D eigenvalue weighted by Gasteiger charge is 1.91. The van der Waals surface area contributed by atoms with Crippen LogP contribution < -0.4 is 5.73 Å². The first-order valence-electron chi connectivity index (χ1n) is 3.28. The lowest BCUT2D eigenvalue weighted by Gasteiger charge is -1.90. The number of hydrogen-bond acceptors (Lipinski definition) is 2. The molecule has 4 heteroatoms. The maximum Gasteiger partial charge on any atom is 0.241 e. The highest BCUT2D eigenvalue weighted by atomic mass is 19.1. The van der Waals surface area contributed by atoms with E-state index in [1.165, 1.54) is 18.2 Å². The molecule has 0 atom stereocenters. The first-order valence-corrected chi connectivity index (χ1v) is 3.28. The third kappa shape index (κ3) is 2.49. The van der Waals surface area contributed by atoms with Gasteiger partial charge in [-0.15, -0.1) is 0 Å². The Morgan fingerprint density at radius 1 is 1.58 bits per heavy atom. The Balaban J connectivity index is 2.83. The number of amides is 1. The van der Waals surface area contributed by atoms with Crippen LogP contribution in [0.4, 0.5) is 4.39 Å². The summed E-state index contributed by atoms with van der Waals surface area (Å²) in [6.45, 7) is 0. The second-order valence-corrected chi connectivity index (χ2v) is 2.12. The fraction of sp³-hybridized carbons (Fsp3) is 0. The molecular weight excluding hydrogens is 159 g/mol. The third-order valence-corrected chi connectivity index (χ3v) is 1.16. The van der Waals surface area contributed by atoms with Gasteiger partial charge < -0.3 is 5.73 Å². The van der Waals surface area contributed by atoms with Gasteiger partial charge in [0.25, 0.3) is 0 Å². The van der Waals surface area contributed by atoms with E-state index in [0.717, 1.165) is 6.08 Å². The molecule has 2 N–H and O–H groups in total. The summed E-state index contributed by atoms with van der Waals surface area (Å²) in [4.78, 5) is 13.8. The number of primary amides is 1. The molecule has 0 aromatic carbocycles. The molecule has 0 fully saturated rings. The lowest BCUT2D eigenvalue weighted by atomic mass is 10.3. The van der Waals surface area contributed by atoms with Gasteiger partial charge in [0.2, 0.25) is 11.9 Å². The highest BCUT2D eigenvalue weighted by Crippen LogP contribution is 1.99. The van der Waals surface area contributed by atoms with Gasteiger partial charge in [0.05, 0.1) is 5.69 Å². The zero-order valence-electron chi connectivity index (χ0n) is 6.20. The van der Waals surface area contributed by atoms with Gasteiger partial charge in [-0.25, -0.2) is 4.98 Å². The number of aromatic nitrogens is 1. The largest absolute Gasteiger partial charge is 0.366 e. The van der Waals surface area contributed by atoms with Gasteiger partial charge in [-0.2, -0.15) is 4.39 Å². The Bertz CT molecular complexity index is 323. The molecule has 0 spiro atoms. The molecule has 62 valence electrons. The zero-order valence-corrected chi connectivity index (χ0v) is 6.20. The lowest BCUT2D eigenvalue weighted by molar-refractivity contribution is -0.113. The van der Waals surface area contributed by atoms with E-state index in [9.17, 15) is 9.18 Å². The molecular formula is C8H7FN2O. The fourth-order valence-electron chi connectivity index (χ4n) is 0.684. The predicted molar refractivity (Wildman–Crippen MR) is 42.4 cm³/mol. The van der Waals surface area contributed by atoms with Crippen LogP contribution in [-0.2, 0) is 4.79 Å². The number of halogens is 1. The molecule has 0 radical (unpaired) electrons. The van der Waals surface area contributed by atoms with E-state index >= 15 is 0 Å². The van der Waals surface area contributed by atoms with Crippen molar-refractivity contribution in [3.05, 3.63) is 35.9 Å². The maximum atomic E-state index is 12.4. The number of pyridine rings is 1. The van der Waals surface area contributed by atoms with Gasteiger partial charge in [-0.05, 0) is 18.2 Å². The van der Waals surface area contributed by atoms with Gasteiger partial charge in [-0.1, -0.05) is 6.07 Å². The summed E-state index contributed by atoms with van der Waals surface area (Å²) in [7, 11) is 0. The summed E-state index contributed by atoms with van der Waals surface area (Å²) in [6.07, 6.45) is 2.48. The quantitative estimate of drug-likeness (QED) is 0.519. The summed E-state index contributed by atoms with van der Waals surface area (Å²) in [5.74, 6) is -1.16. The second-order valence-electron chi connectivity index (χ2n) is 2.12. The van der Waals surface area contributed by atoms with Crippen LogP contribution in [0.15, 0.2) is 24.3 Å². The van der Waals surface area contributed by atoms with Crippen molar-refractivity contribution in [2.45, 2.75) is 0 Å². The Morgan fingerprint density at radius 3 is 2.92 bits per heavy atom. The molecule has 3 nitrogen and oxygen atoms in total. The van der Waals surface area contributed by atoms with Crippen molar-refractivity contribution in [2.24, 2.45) is 5.73 Å². The van der Waals surface area contributed by atoms with Crippen molar-refractivity contribution in [3.8, 4) is 0 Å². The van der Waals surface area contributed by atoms with Crippen molar-refractivity contribution in [3.63, 3.8) is 0 Å². The van der Waals surface area contributed by atoms with Crippen LogP contribution in [0.3, 0.4) is 0 Å². The van der Waals surface area contributed by atoms with Crippen molar-refractivity contribution in [2.75, 3.05) is 0 Å². The molecule has 0 aliphatic rings. The van der Waals surface area contributed by atoms with Crippen LogP contribution in [0.5, 0.6) is 0 Å². The predicted octanol–water partition coefficient (Wildman–Crippen LogP) is 0.719. The number of hydrogen-bond donors (Lipinski definition) is 1. The summed E-state index contributed by atoms with van der Waals surface area (Å²) in [5.41, 5.74) is 5.20. The van der Waals surface area contributed by atoms with E-state index in [-0.39, 0.29) is 0 Å². The molecule has 0 unspecified atom stereocenters. The van der Waals surface area contributed by atoms with Gasteiger partial charge >= 0.3 is 0 Å². The summed E-state index contributed by atoms with van der Waals surface area (Å²) in [5, 5.41) is 0. The van der Waals surface area contributed by atoms with Crippen LogP contribution in [0.1, 0.15) is 5.69 Å². The van der Waals surface area contributed by atoms with E-state index in [4.69, 9.17) is 5.73 Å². The number of nitrogens with zero attached hydrogens (tertiary/aromatic N) is 1. The maximum absolute atomic E-state index is 12.4. The van der Waals surface area contributed by atoms with Gasteiger partial charge in [0.15, 0.2) is 0 Å². The number of nitrogens with two attached hydrogens (primary N) is 1. The number of carbonyl (C=O) groups is 1. The summed E-state index contributed by atoms with van der Waals surface area (Å²) in [6, 6.07) is 4.30. The molecule has 12 heavy (non-hydrogen) atoms. The number of carbonyl (C=O) groups excluding carboxylic acids is 1. The van der Waals surface area contributed by atoms with Crippen LogP contribution >= 0.6 is 0 Å². The van der Waals surface area contributed by atoms with E-state index in [0.29, 0.717) is 5.69 Å². The van der Waals surface area contributed by atoms with E-state index < -0.39 is 11.9 Å². The van der Waals surface area contributed by atoms with Crippen LogP contribution in [-0.4, -0.2) is 10.9 Å². The van der Waals surface area contributed by atoms with E-state index in [1.807, 2.05) is 0 Å². The summed E-state index contributed by atoms with van der Waals surface area (Å²) < 4.78 is 12.4. The van der Waals surface area contributed by atoms with Gasteiger partial charge in [0.1, 0.15) is 0 Å². The average molecular weight is 166 g/mol. The Morgan fingerprint density at radius 2 is 2.33 bits per heavy atom. The lowest BCUT2D eigenvalue weighted by Crippen LogP contribution is -2.05. The van der Waals surface area contributed by atoms with E-state index in [2.05, 4.69) is 4.98 Å². The highest BCUT2D eigenvalue weighted by molar-refractivity contribution is 5.89. The van der Waals surface area contributed by atoms with Gasteiger partial charge in [0, 0.05) is 6.08 Å². The second kappa shape index (κ2) is 3.61. The minimum absolute atomic E-state index is 0.369. The number of rotatable bonds is 2. The Kier molecular flexibility index (Phi) is 2.53. The zero-order chi connectivity index (χ0) is 8.97. The molecule has 0 aliphatic heterocycles. The first kappa shape index (κ1) is 8.39. The molecule has 1 aromatic heterocycles. The first-order chi connectivity index (χ1) is 5.68. The van der Waals surface area contributed by atoms with Crippen molar-refractivity contribution in [1.82, 2.24) is 4.98 Å². The monoisotopic (exact) mass is 166 g/mol. The minimum atomic E-state index is -0.582. The molecule has 0 saturated heterocycles. The molecule has 0 aliphatic carbocycles. The van der Waals surface area contributed by atoms with Gasteiger partial charge in [-0.3, -0.25) is 4.79 Å². The van der Waals surface area contributed by atoms with Crippen molar-refractivity contribution >= 4 is 12.0 Å². The summed E-state index contributed by atoms with van der Waals surface area (Å²) >= 11 is 0. The third-order valence-electron chi connectivity index (χ3n) is 1.16. The fourth-order valence-corrected chi connectivity index (χ4v) is 0.684. The van der Waals surface area contributed by atoms with Crippen molar-refractivity contribution < 1.29 is 9.18 Å². The molecule has 0 bridgehead atoms. The van der Waals surface area contributed by atoms with Crippen LogP contribution in [0.2, 0.25) is 0 Å². The Hall–Kier alpha value is -1.71. The van der Waals surface area contributed by atoms with Crippen LogP contribution in [0, 0.1) is 5.95 Å².